The smallest absolute Gasteiger partial charge is 0.178 e. The molecule has 0 saturated heterocycles. The van der Waals surface area contributed by atoms with Crippen LogP contribution in [-0.4, -0.2) is 9.55 Å². The lowest BCUT2D eigenvalue weighted by atomic mass is 10.2. The summed E-state index contributed by atoms with van der Waals surface area (Å²) in [6.45, 7) is 6.72. The van der Waals surface area contributed by atoms with Crippen molar-refractivity contribution in [2.45, 2.75) is 33.2 Å². The summed E-state index contributed by atoms with van der Waals surface area (Å²) in [6.07, 6.45) is 1.22. The lowest BCUT2D eigenvalue weighted by molar-refractivity contribution is 0.546. The largest absolute Gasteiger partial charge is 0.330 e. The van der Waals surface area contributed by atoms with E-state index in [0.29, 0.717) is 11.5 Å². The predicted molar refractivity (Wildman–Crippen MR) is 69.3 cm³/mol. The Bertz CT molecular complexity index is 618. The first-order chi connectivity index (χ1) is 7.50. The average Bonchev–Trinajstić information content (AvgIpc) is 2.68. The molecule has 84 valence electrons. The molecule has 1 heterocycles. The minimum atomic E-state index is 0.400. The molecule has 3 heteroatoms. The van der Waals surface area contributed by atoms with E-state index in [4.69, 9.17) is 12.2 Å². The van der Waals surface area contributed by atoms with Gasteiger partial charge in [-0.3, -0.25) is 0 Å². The van der Waals surface area contributed by atoms with Crippen LogP contribution < -0.4 is 0 Å². The van der Waals surface area contributed by atoms with Crippen molar-refractivity contribution in [3.8, 4) is 0 Å². The van der Waals surface area contributed by atoms with E-state index in [1.165, 1.54) is 23.0 Å². The molecule has 16 heavy (non-hydrogen) atoms. The zero-order valence-corrected chi connectivity index (χ0v) is 10.7. The molecule has 1 unspecified atom stereocenters. The number of hydrogen-bond donors (Lipinski definition) is 1. The summed E-state index contributed by atoms with van der Waals surface area (Å²) < 4.78 is 3.15. The molecule has 1 aliphatic rings. The molecule has 0 amide bonds. The predicted octanol–water partition coefficient (Wildman–Crippen LogP) is 3.98. The summed E-state index contributed by atoms with van der Waals surface area (Å²) in [4.78, 5) is 3.33. The van der Waals surface area contributed by atoms with Gasteiger partial charge in [-0.25, -0.2) is 0 Å². The van der Waals surface area contributed by atoms with Crippen molar-refractivity contribution in [2.75, 3.05) is 0 Å². The van der Waals surface area contributed by atoms with Gasteiger partial charge in [0.05, 0.1) is 11.0 Å². The molecule has 2 aromatic rings. The zero-order chi connectivity index (χ0) is 11.5. The number of hydrogen-bond acceptors (Lipinski definition) is 1. The van der Waals surface area contributed by atoms with E-state index in [1.54, 1.807) is 0 Å². The normalized spacial score (nSPS) is 22.6. The van der Waals surface area contributed by atoms with Gasteiger partial charge in [-0.2, -0.15) is 0 Å². The van der Waals surface area contributed by atoms with Crippen LogP contribution in [0.1, 0.15) is 31.9 Å². The van der Waals surface area contributed by atoms with E-state index < -0.39 is 0 Å². The highest BCUT2D eigenvalue weighted by Crippen LogP contribution is 2.56. The number of nitrogens with zero attached hydrogens (tertiary/aromatic N) is 1. The number of nitrogens with one attached hydrogen (secondary N) is 1. The Hall–Kier alpha value is -1.09. The highest BCUT2D eigenvalue weighted by molar-refractivity contribution is 7.71. The third-order valence-corrected chi connectivity index (χ3v) is 4.03. The van der Waals surface area contributed by atoms with Gasteiger partial charge in [0.15, 0.2) is 4.77 Å². The standard InChI is InChI=1S/C13H16N2S/c1-8-5-4-6-9-11(8)14-12(16)15(9)10-7-13(10,2)3/h4-6,10H,7H2,1-3H3,(H,14,16). The molecule has 0 radical (unpaired) electrons. The first-order valence-corrected chi connectivity index (χ1v) is 6.11. The molecule has 1 aromatic carbocycles. The second-order valence-electron chi connectivity index (χ2n) is 5.48. The molecular weight excluding hydrogens is 216 g/mol. The van der Waals surface area contributed by atoms with Gasteiger partial charge in [0.1, 0.15) is 0 Å². The van der Waals surface area contributed by atoms with Crippen LogP contribution in [0.2, 0.25) is 0 Å². The average molecular weight is 232 g/mol. The summed E-state index contributed by atoms with van der Waals surface area (Å²) >= 11 is 5.44. The van der Waals surface area contributed by atoms with E-state index in [-0.39, 0.29) is 0 Å². The van der Waals surface area contributed by atoms with Gasteiger partial charge < -0.3 is 9.55 Å². The van der Waals surface area contributed by atoms with Crippen molar-refractivity contribution in [3.63, 3.8) is 0 Å². The Labute approximate surface area is 100 Å². The van der Waals surface area contributed by atoms with Gasteiger partial charge in [0.2, 0.25) is 0 Å². The van der Waals surface area contributed by atoms with Crippen LogP contribution in [0.3, 0.4) is 0 Å². The van der Waals surface area contributed by atoms with Crippen molar-refractivity contribution >= 4 is 23.3 Å². The fourth-order valence-electron chi connectivity index (χ4n) is 2.48. The van der Waals surface area contributed by atoms with E-state index in [9.17, 15) is 0 Å². The molecule has 1 saturated carbocycles. The van der Waals surface area contributed by atoms with Crippen molar-refractivity contribution < 1.29 is 0 Å². The summed E-state index contributed by atoms with van der Waals surface area (Å²) in [5, 5.41) is 0. The van der Waals surface area contributed by atoms with Crippen LogP contribution in [0.25, 0.3) is 11.0 Å². The van der Waals surface area contributed by atoms with E-state index in [0.717, 1.165) is 4.77 Å². The van der Waals surface area contributed by atoms with Crippen molar-refractivity contribution in [3.05, 3.63) is 28.5 Å². The van der Waals surface area contributed by atoms with Gasteiger partial charge in [0, 0.05) is 6.04 Å². The topological polar surface area (TPSA) is 20.7 Å². The van der Waals surface area contributed by atoms with Gasteiger partial charge in [0.25, 0.3) is 0 Å². The number of imidazole rings is 1. The third kappa shape index (κ3) is 1.27. The van der Waals surface area contributed by atoms with Gasteiger partial charge in [-0.05, 0) is 42.6 Å². The monoisotopic (exact) mass is 232 g/mol. The number of H-pyrrole nitrogens is 1. The molecule has 0 aliphatic heterocycles. The van der Waals surface area contributed by atoms with Gasteiger partial charge in [-0.1, -0.05) is 26.0 Å². The Morgan fingerprint density at radius 2 is 2.12 bits per heavy atom. The second kappa shape index (κ2) is 2.98. The van der Waals surface area contributed by atoms with Crippen molar-refractivity contribution in [1.29, 1.82) is 0 Å². The maximum Gasteiger partial charge on any atom is 0.178 e. The van der Waals surface area contributed by atoms with Crippen LogP contribution in [-0.2, 0) is 0 Å². The van der Waals surface area contributed by atoms with Crippen LogP contribution in [0.4, 0.5) is 0 Å². The van der Waals surface area contributed by atoms with E-state index >= 15 is 0 Å². The number of benzene rings is 1. The van der Waals surface area contributed by atoms with Gasteiger partial charge in [-0.15, -0.1) is 0 Å². The number of fused-ring (bicyclic) bond motifs is 1. The first kappa shape index (κ1) is 10.1. The lowest BCUT2D eigenvalue weighted by Crippen LogP contribution is -2.00. The summed E-state index contributed by atoms with van der Waals surface area (Å²) in [5.74, 6) is 0. The SMILES string of the molecule is Cc1cccc2c1[nH]c(=S)n2C1CC1(C)C. The number of aromatic nitrogens is 2. The Balaban J connectivity index is 2.30. The fourth-order valence-corrected chi connectivity index (χ4v) is 2.81. The fraction of sp³-hybridized carbons (Fsp3) is 0.462. The molecular formula is C13H16N2S. The molecule has 1 aromatic heterocycles. The van der Waals surface area contributed by atoms with Crippen LogP contribution in [0.5, 0.6) is 0 Å². The maximum absolute atomic E-state index is 5.44. The van der Waals surface area contributed by atoms with Crippen LogP contribution in [0.15, 0.2) is 18.2 Å². The molecule has 0 bridgehead atoms. The van der Waals surface area contributed by atoms with Gasteiger partial charge >= 0.3 is 0 Å². The van der Waals surface area contributed by atoms with E-state index in [1.807, 2.05) is 0 Å². The Morgan fingerprint density at radius 1 is 1.44 bits per heavy atom. The highest BCUT2D eigenvalue weighted by Gasteiger charge is 2.47. The minimum absolute atomic E-state index is 0.400. The zero-order valence-electron chi connectivity index (χ0n) is 9.87. The Morgan fingerprint density at radius 3 is 2.75 bits per heavy atom. The van der Waals surface area contributed by atoms with Crippen LogP contribution in [0, 0.1) is 17.1 Å². The first-order valence-electron chi connectivity index (χ1n) is 5.70. The van der Waals surface area contributed by atoms with E-state index in [2.05, 4.69) is 48.5 Å². The second-order valence-corrected chi connectivity index (χ2v) is 5.86. The summed E-state index contributed by atoms with van der Waals surface area (Å²) in [5.41, 5.74) is 4.11. The number of para-hydroxylation sites is 1. The minimum Gasteiger partial charge on any atom is -0.330 e. The molecule has 1 fully saturated rings. The molecule has 2 nitrogen and oxygen atoms in total. The van der Waals surface area contributed by atoms with Crippen LogP contribution >= 0.6 is 12.2 Å². The lowest BCUT2D eigenvalue weighted by Gasteiger charge is -2.06. The summed E-state index contributed by atoms with van der Waals surface area (Å²) in [7, 11) is 0. The molecule has 1 N–H and O–H groups in total. The number of aryl methyl sites for hydroxylation is 1. The van der Waals surface area contributed by atoms with Crippen molar-refractivity contribution in [1.82, 2.24) is 9.55 Å². The molecule has 3 rings (SSSR count). The molecule has 1 atom stereocenters. The van der Waals surface area contributed by atoms with Crippen molar-refractivity contribution in [2.24, 2.45) is 5.41 Å². The molecule has 1 aliphatic carbocycles. The Kier molecular flexibility index (Phi) is 1.88. The molecule has 0 spiro atoms. The highest BCUT2D eigenvalue weighted by atomic mass is 32.1. The third-order valence-electron chi connectivity index (χ3n) is 3.73. The quantitative estimate of drug-likeness (QED) is 0.738. The number of rotatable bonds is 1. The maximum atomic E-state index is 5.44. The summed E-state index contributed by atoms with van der Waals surface area (Å²) in [6, 6.07) is 6.95. The number of aromatic amines is 1.